The molecular formula is C18H17Cl2N3. The van der Waals surface area contributed by atoms with Gasteiger partial charge in [-0.2, -0.15) is 5.26 Å². The molecule has 2 aromatic rings. The summed E-state index contributed by atoms with van der Waals surface area (Å²) in [6.07, 6.45) is 0.472. The fourth-order valence-electron chi connectivity index (χ4n) is 3.08. The normalized spacial score (nSPS) is 21.0. The van der Waals surface area contributed by atoms with Crippen LogP contribution in [0.5, 0.6) is 0 Å². The number of hydrogen-bond donors (Lipinski definition) is 1. The molecule has 0 unspecified atom stereocenters. The number of nitriles is 1. The van der Waals surface area contributed by atoms with E-state index in [4.69, 9.17) is 23.2 Å². The Hall–Kier alpha value is -1.73. The summed E-state index contributed by atoms with van der Waals surface area (Å²) in [5.41, 5.74) is 2.26. The van der Waals surface area contributed by atoms with Crippen LogP contribution in [0.2, 0.25) is 10.0 Å². The van der Waals surface area contributed by atoms with Gasteiger partial charge in [0.1, 0.15) is 0 Å². The van der Waals surface area contributed by atoms with Gasteiger partial charge in [-0.25, -0.2) is 0 Å². The van der Waals surface area contributed by atoms with E-state index in [1.807, 2.05) is 48.5 Å². The maximum Gasteiger partial charge on any atom is 0.0671 e. The molecule has 2 atom stereocenters. The number of hydrogen-bond acceptors (Lipinski definition) is 3. The van der Waals surface area contributed by atoms with Crippen molar-refractivity contribution in [3.63, 3.8) is 0 Å². The molecule has 0 bridgehead atoms. The fourth-order valence-corrected chi connectivity index (χ4v) is 3.33. The van der Waals surface area contributed by atoms with Crippen LogP contribution < -0.4 is 10.2 Å². The summed E-state index contributed by atoms with van der Waals surface area (Å²) in [5.74, 6) is 0. The van der Waals surface area contributed by atoms with Crippen LogP contribution in [0.1, 0.15) is 18.0 Å². The smallest absolute Gasteiger partial charge is 0.0671 e. The lowest BCUT2D eigenvalue weighted by atomic mass is 9.97. The molecule has 3 rings (SSSR count). The summed E-state index contributed by atoms with van der Waals surface area (Å²) >= 11 is 12.0. The first-order valence-electron chi connectivity index (χ1n) is 7.56. The Bertz CT molecular complexity index is 692. The molecule has 0 aromatic heterocycles. The van der Waals surface area contributed by atoms with Gasteiger partial charge in [-0.05, 0) is 42.0 Å². The lowest BCUT2D eigenvalue weighted by Gasteiger charge is -2.44. The third-order valence-corrected chi connectivity index (χ3v) is 4.66. The van der Waals surface area contributed by atoms with E-state index in [9.17, 15) is 5.26 Å². The van der Waals surface area contributed by atoms with Gasteiger partial charge in [-0.15, -0.1) is 0 Å². The zero-order valence-electron chi connectivity index (χ0n) is 12.5. The predicted octanol–water partition coefficient (Wildman–Crippen LogP) is 4.43. The maximum atomic E-state index is 9.18. The minimum Gasteiger partial charge on any atom is -0.358 e. The van der Waals surface area contributed by atoms with Gasteiger partial charge >= 0.3 is 0 Å². The molecule has 23 heavy (non-hydrogen) atoms. The van der Waals surface area contributed by atoms with Gasteiger partial charge in [0.15, 0.2) is 0 Å². The molecule has 118 valence electrons. The van der Waals surface area contributed by atoms with E-state index >= 15 is 0 Å². The summed E-state index contributed by atoms with van der Waals surface area (Å²) in [6, 6.07) is 18.3. The number of halogens is 2. The highest BCUT2D eigenvalue weighted by Crippen LogP contribution is 2.33. The average molecular weight is 346 g/mol. The van der Waals surface area contributed by atoms with E-state index in [1.54, 1.807) is 0 Å². The molecule has 1 aliphatic heterocycles. The maximum absolute atomic E-state index is 9.18. The second kappa shape index (κ2) is 7.23. The van der Waals surface area contributed by atoms with Gasteiger partial charge in [-0.3, -0.25) is 0 Å². The Morgan fingerprint density at radius 3 is 2.22 bits per heavy atom. The number of benzene rings is 2. The quantitative estimate of drug-likeness (QED) is 0.894. The third-order valence-electron chi connectivity index (χ3n) is 4.15. The number of nitrogens with zero attached hydrogens (tertiary/aromatic N) is 2. The van der Waals surface area contributed by atoms with Crippen molar-refractivity contribution in [2.24, 2.45) is 0 Å². The summed E-state index contributed by atoms with van der Waals surface area (Å²) in [4.78, 5) is 2.32. The molecule has 0 saturated carbocycles. The molecule has 0 spiro atoms. The topological polar surface area (TPSA) is 39.1 Å². The molecular weight excluding hydrogens is 329 g/mol. The monoisotopic (exact) mass is 345 g/mol. The number of nitrogens with one attached hydrogen (secondary N) is 1. The molecule has 1 saturated heterocycles. The molecule has 2 aromatic carbocycles. The van der Waals surface area contributed by atoms with Crippen LogP contribution in [-0.2, 0) is 0 Å². The minimum absolute atomic E-state index is 0.121. The standard InChI is InChI=1S/C18H17Cl2N3/c19-14-3-1-13(2-4-14)18-12-22-11-17(9-10-21)23(18)16-7-5-15(20)6-8-16/h1-8,17-18,22H,9,11-12H2/t17-,18-/m0/s1. The summed E-state index contributed by atoms with van der Waals surface area (Å²) in [5, 5.41) is 14.1. The molecule has 1 aliphatic rings. The number of anilines is 1. The zero-order chi connectivity index (χ0) is 16.2. The highest BCUT2D eigenvalue weighted by molar-refractivity contribution is 6.30. The van der Waals surface area contributed by atoms with E-state index in [-0.39, 0.29) is 12.1 Å². The van der Waals surface area contributed by atoms with Crippen molar-refractivity contribution in [3.8, 4) is 6.07 Å². The number of rotatable bonds is 3. The largest absolute Gasteiger partial charge is 0.358 e. The molecule has 5 heteroatoms. The van der Waals surface area contributed by atoms with Gasteiger partial charge in [0.25, 0.3) is 0 Å². The van der Waals surface area contributed by atoms with Gasteiger partial charge < -0.3 is 10.2 Å². The van der Waals surface area contributed by atoms with Crippen LogP contribution in [0.25, 0.3) is 0 Å². The van der Waals surface area contributed by atoms with Crippen LogP contribution in [0.4, 0.5) is 5.69 Å². The SMILES string of the molecule is N#CC[C@H]1CNC[C@@H](c2ccc(Cl)cc2)N1c1ccc(Cl)cc1. The van der Waals surface area contributed by atoms with E-state index in [2.05, 4.69) is 16.3 Å². The Morgan fingerprint density at radius 1 is 1.00 bits per heavy atom. The van der Waals surface area contributed by atoms with E-state index in [1.165, 1.54) is 5.56 Å². The second-order valence-electron chi connectivity index (χ2n) is 5.63. The van der Waals surface area contributed by atoms with Crippen LogP contribution >= 0.6 is 23.2 Å². The van der Waals surface area contributed by atoms with Gasteiger partial charge in [0.2, 0.25) is 0 Å². The number of piperazine rings is 1. The van der Waals surface area contributed by atoms with Crippen molar-refractivity contribution in [3.05, 3.63) is 64.1 Å². The molecule has 1 fully saturated rings. The third kappa shape index (κ3) is 3.61. The first-order valence-corrected chi connectivity index (χ1v) is 8.31. The summed E-state index contributed by atoms with van der Waals surface area (Å²) in [7, 11) is 0. The molecule has 0 amide bonds. The highest BCUT2D eigenvalue weighted by Gasteiger charge is 2.31. The van der Waals surface area contributed by atoms with Gasteiger partial charge in [-0.1, -0.05) is 35.3 Å². The summed E-state index contributed by atoms with van der Waals surface area (Å²) in [6.45, 7) is 1.62. The fraction of sp³-hybridized carbons (Fsp3) is 0.278. The first kappa shape index (κ1) is 16.1. The Kier molecular flexibility index (Phi) is 5.07. The van der Waals surface area contributed by atoms with Gasteiger partial charge in [0, 0.05) is 28.8 Å². The van der Waals surface area contributed by atoms with Crippen molar-refractivity contribution in [2.75, 3.05) is 18.0 Å². The summed E-state index contributed by atoms with van der Waals surface area (Å²) < 4.78 is 0. The van der Waals surface area contributed by atoms with Gasteiger partial charge in [0.05, 0.1) is 24.6 Å². The molecule has 3 nitrogen and oxygen atoms in total. The predicted molar refractivity (Wildman–Crippen MR) is 95.0 cm³/mol. The molecule has 0 radical (unpaired) electrons. The Balaban J connectivity index is 1.99. The van der Waals surface area contributed by atoms with Crippen LogP contribution in [0.15, 0.2) is 48.5 Å². The van der Waals surface area contributed by atoms with Crippen molar-refractivity contribution in [1.29, 1.82) is 5.26 Å². The lowest BCUT2D eigenvalue weighted by Crippen LogP contribution is -2.53. The van der Waals surface area contributed by atoms with Crippen molar-refractivity contribution in [2.45, 2.75) is 18.5 Å². The molecule has 1 N–H and O–H groups in total. The van der Waals surface area contributed by atoms with E-state index in [0.29, 0.717) is 11.4 Å². The Morgan fingerprint density at radius 2 is 1.61 bits per heavy atom. The zero-order valence-corrected chi connectivity index (χ0v) is 14.1. The van der Waals surface area contributed by atoms with Crippen LogP contribution in [-0.4, -0.2) is 19.1 Å². The van der Waals surface area contributed by atoms with E-state index < -0.39 is 0 Å². The van der Waals surface area contributed by atoms with Crippen LogP contribution in [0, 0.1) is 11.3 Å². The van der Waals surface area contributed by atoms with E-state index in [0.717, 1.165) is 23.8 Å². The van der Waals surface area contributed by atoms with Crippen molar-refractivity contribution >= 4 is 28.9 Å². The lowest BCUT2D eigenvalue weighted by molar-refractivity contribution is 0.408. The minimum atomic E-state index is 0.121. The van der Waals surface area contributed by atoms with Crippen LogP contribution in [0.3, 0.4) is 0 Å². The molecule has 1 heterocycles. The van der Waals surface area contributed by atoms with Crippen molar-refractivity contribution < 1.29 is 0 Å². The second-order valence-corrected chi connectivity index (χ2v) is 6.50. The average Bonchev–Trinajstić information content (AvgIpc) is 2.57. The highest BCUT2D eigenvalue weighted by atomic mass is 35.5. The Labute approximate surface area is 146 Å². The molecule has 0 aliphatic carbocycles. The first-order chi connectivity index (χ1) is 11.2. The van der Waals surface area contributed by atoms with Crippen molar-refractivity contribution in [1.82, 2.24) is 5.32 Å².